The number of carbonyl (C=O) groups is 1. The van der Waals surface area contributed by atoms with Gasteiger partial charge >= 0.3 is 0 Å². The van der Waals surface area contributed by atoms with Gasteiger partial charge in [0.2, 0.25) is 0 Å². The van der Waals surface area contributed by atoms with Crippen LogP contribution >= 0.6 is 0 Å². The molecule has 92 valence electrons. The topological polar surface area (TPSA) is 121 Å². The Hall–Kier alpha value is -1.64. The molecule has 1 aromatic rings. The highest BCUT2D eigenvalue weighted by Gasteiger charge is 2.36. The molecule has 8 nitrogen and oxygen atoms in total. The van der Waals surface area contributed by atoms with Gasteiger partial charge in [-0.2, -0.15) is 4.80 Å². The summed E-state index contributed by atoms with van der Waals surface area (Å²) in [7, 11) is 0. The van der Waals surface area contributed by atoms with Gasteiger partial charge in [-0.25, -0.2) is 0 Å². The van der Waals surface area contributed by atoms with E-state index in [0.717, 1.165) is 0 Å². The molecule has 3 atom stereocenters. The molecule has 2 rings (SSSR count). The molecule has 0 radical (unpaired) electrons. The molecule has 0 saturated heterocycles. The van der Waals surface area contributed by atoms with E-state index in [2.05, 4.69) is 15.4 Å². The predicted molar refractivity (Wildman–Crippen MR) is 53.7 cm³/mol. The summed E-state index contributed by atoms with van der Waals surface area (Å²) in [6.07, 6.45) is -3.19. The Balaban J connectivity index is 2.20. The Morgan fingerprint density at radius 3 is 2.71 bits per heavy atom. The molecule has 8 heteroatoms. The number of hydrogen-bond acceptors (Lipinski definition) is 7. The van der Waals surface area contributed by atoms with Crippen LogP contribution in [0.4, 0.5) is 0 Å². The highest BCUT2D eigenvalue weighted by Crippen LogP contribution is 2.17. The zero-order chi connectivity index (χ0) is 12.6. The molecule has 3 unspecified atom stereocenters. The van der Waals surface area contributed by atoms with Crippen molar-refractivity contribution < 1.29 is 20.1 Å². The quantitative estimate of drug-likeness (QED) is 0.525. The lowest BCUT2D eigenvalue weighted by Crippen LogP contribution is -2.46. The molecule has 1 aliphatic carbocycles. The number of aliphatic hydroxyl groups excluding tert-OH is 3. The summed E-state index contributed by atoms with van der Waals surface area (Å²) in [6.45, 7) is 1.65. The van der Waals surface area contributed by atoms with Gasteiger partial charge in [0.1, 0.15) is 18.3 Å². The average molecular weight is 240 g/mol. The van der Waals surface area contributed by atoms with Gasteiger partial charge in [0.15, 0.2) is 11.6 Å². The fourth-order valence-corrected chi connectivity index (χ4v) is 1.59. The molecule has 1 aliphatic rings. The van der Waals surface area contributed by atoms with Crippen molar-refractivity contribution in [1.29, 1.82) is 0 Å². The Morgan fingerprint density at radius 1 is 1.41 bits per heavy atom. The van der Waals surface area contributed by atoms with E-state index in [1.165, 1.54) is 10.9 Å². The van der Waals surface area contributed by atoms with Gasteiger partial charge in [-0.1, -0.05) is 0 Å². The van der Waals surface area contributed by atoms with E-state index in [0.29, 0.717) is 5.82 Å². The van der Waals surface area contributed by atoms with Crippen LogP contribution in [0.1, 0.15) is 5.82 Å². The average Bonchev–Trinajstić information content (AvgIpc) is 2.69. The lowest BCUT2D eigenvalue weighted by molar-refractivity contribution is -0.135. The number of carbonyl (C=O) groups excluding carboxylic acids is 1. The minimum absolute atomic E-state index is 0.000509. The highest BCUT2D eigenvalue weighted by molar-refractivity contribution is 6.00. The zero-order valence-corrected chi connectivity index (χ0v) is 9.06. The van der Waals surface area contributed by atoms with E-state index in [1.54, 1.807) is 6.92 Å². The molecule has 0 spiro atoms. The molecular formula is C9H12N4O4. The Kier molecular flexibility index (Phi) is 3.01. The molecule has 0 amide bonds. The molecule has 1 aromatic heterocycles. The maximum absolute atomic E-state index is 11.6. The first-order valence-electron chi connectivity index (χ1n) is 5.02. The van der Waals surface area contributed by atoms with Gasteiger partial charge in [0.05, 0.1) is 6.54 Å². The summed E-state index contributed by atoms with van der Waals surface area (Å²) in [5.74, 6) is -0.187. The van der Waals surface area contributed by atoms with E-state index in [1.807, 2.05) is 0 Å². The van der Waals surface area contributed by atoms with Crippen molar-refractivity contribution in [1.82, 2.24) is 20.2 Å². The summed E-state index contributed by atoms with van der Waals surface area (Å²) < 4.78 is 0. The van der Waals surface area contributed by atoms with Gasteiger partial charge in [0.25, 0.3) is 0 Å². The van der Waals surface area contributed by atoms with Crippen LogP contribution in [0.25, 0.3) is 0 Å². The van der Waals surface area contributed by atoms with Crippen LogP contribution in [-0.2, 0) is 11.3 Å². The molecule has 0 bridgehead atoms. The maximum Gasteiger partial charge on any atom is 0.191 e. The predicted octanol–water partition coefficient (Wildman–Crippen LogP) is -2.43. The second-order valence-corrected chi connectivity index (χ2v) is 3.85. The zero-order valence-electron chi connectivity index (χ0n) is 9.06. The van der Waals surface area contributed by atoms with E-state index in [9.17, 15) is 20.1 Å². The van der Waals surface area contributed by atoms with Crippen LogP contribution in [-0.4, -0.2) is 59.6 Å². The van der Waals surface area contributed by atoms with E-state index >= 15 is 0 Å². The monoisotopic (exact) mass is 240 g/mol. The first kappa shape index (κ1) is 11.8. The molecule has 1 heterocycles. The second kappa shape index (κ2) is 4.32. The first-order chi connectivity index (χ1) is 7.99. The Morgan fingerprint density at radius 2 is 2.12 bits per heavy atom. The van der Waals surface area contributed by atoms with Crippen LogP contribution in [0.5, 0.6) is 0 Å². The van der Waals surface area contributed by atoms with E-state index in [-0.39, 0.29) is 12.1 Å². The van der Waals surface area contributed by atoms with Gasteiger partial charge in [-0.05, 0) is 18.2 Å². The molecule has 3 N–H and O–H groups in total. The summed E-state index contributed by atoms with van der Waals surface area (Å²) >= 11 is 0. The Labute approximate surface area is 96.2 Å². The molecule has 0 aromatic carbocycles. The molecule has 0 aliphatic heterocycles. The minimum Gasteiger partial charge on any atom is -0.387 e. The third kappa shape index (κ3) is 2.23. The number of Topliss-reactive ketones (excluding diaryl/α,β-unsaturated/α-hetero) is 1. The summed E-state index contributed by atoms with van der Waals surface area (Å²) in [6, 6.07) is 0. The number of ketones is 1. The number of aryl methyl sites for hydroxylation is 1. The normalized spacial score (nSPS) is 29.3. The fraction of sp³-hybridized carbons (Fsp3) is 0.556. The SMILES string of the molecule is Cc1nnn(CC2=CC(O)C(O)C(O)C2=O)n1. The summed E-state index contributed by atoms with van der Waals surface area (Å²) in [4.78, 5) is 12.8. The van der Waals surface area contributed by atoms with Crippen molar-refractivity contribution in [3.63, 3.8) is 0 Å². The van der Waals surface area contributed by atoms with Crippen molar-refractivity contribution in [3.05, 3.63) is 17.5 Å². The van der Waals surface area contributed by atoms with Crippen molar-refractivity contribution in [3.8, 4) is 0 Å². The van der Waals surface area contributed by atoms with Crippen LogP contribution < -0.4 is 0 Å². The molecule has 0 fully saturated rings. The van der Waals surface area contributed by atoms with Crippen LogP contribution in [0.15, 0.2) is 11.6 Å². The minimum atomic E-state index is -1.62. The van der Waals surface area contributed by atoms with Gasteiger partial charge in [-0.15, -0.1) is 10.2 Å². The lowest BCUT2D eigenvalue weighted by Gasteiger charge is -2.26. The van der Waals surface area contributed by atoms with Crippen LogP contribution in [0, 0.1) is 6.92 Å². The van der Waals surface area contributed by atoms with Gasteiger partial charge in [-0.3, -0.25) is 4.79 Å². The molecular weight excluding hydrogens is 228 g/mol. The Bertz CT molecular complexity index is 469. The third-order valence-electron chi connectivity index (χ3n) is 2.50. The van der Waals surface area contributed by atoms with Crippen LogP contribution in [0.3, 0.4) is 0 Å². The standard InChI is InChI=1S/C9H12N4O4/c1-4-10-12-13(11-4)3-5-2-6(14)8(16)9(17)7(5)15/h2,6,8-9,14,16-17H,3H2,1H3. The number of aliphatic hydroxyl groups is 3. The van der Waals surface area contributed by atoms with Gasteiger partial charge < -0.3 is 15.3 Å². The molecule has 17 heavy (non-hydrogen) atoms. The number of hydrogen-bond donors (Lipinski definition) is 3. The maximum atomic E-state index is 11.6. The number of nitrogens with zero attached hydrogens (tertiary/aromatic N) is 4. The number of aromatic nitrogens is 4. The third-order valence-corrected chi connectivity index (χ3v) is 2.50. The van der Waals surface area contributed by atoms with Crippen molar-refractivity contribution in [2.75, 3.05) is 0 Å². The fourth-order valence-electron chi connectivity index (χ4n) is 1.59. The number of rotatable bonds is 2. The second-order valence-electron chi connectivity index (χ2n) is 3.85. The summed E-state index contributed by atoms with van der Waals surface area (Å²) in [5, 5.41) is 39.3. The van der Waals surface area contributed by atoms with Crippen molar-refractivity contribution in [2.24, 2.45) is 0 Å². The van der Waals surface area contributed by atoms with Crippen molar-refractivity contribution in [2.45, 2.75) is 31.8 Å². The number of tetrazole rings is 1. The first-order valence-corrected chi connectivity index (χ1v) is 5.02. The van der Waals surface area contributed by atoms with Gasteiger partial charge in [0, 0.05) is 5.57 Å². The van der Waals surface area contributed by atoms with E-state index in [4.69, 9.17) is 0 Å². The largest absolute Gasteiger partial charge is 0.387 e. The van der Waals surface area contributed by atoms with E-state index < -0.39 is 24.1 Å². The lowest BCUT2D eigenvalue weighted by atomic mass is 9.91. The van der Waals surface area contributed by atoms with Crippen LogP contribution in [0.2, 0.25) is 0 Å². The summed E-state index contributed by atoms with van der Waals surface area (Å²) in [5.41, 5.74) is 0.146. The highest BCUT2D eigenvalue weighted by atomic mass is 16.4. The van der Waals surface area contributed by atoms with Crippen molar-refractivity contribution >= 4 is 5.78 Å². The molecule has 0 saturated carbocycles. The smallest absolute Gasteiger partial charge is 0.191 e.